The van der Waals surface area contributed by atoms with Gasteiger partial charge in [0, 0.05) is 28.3 Å². The molecule has 0 aromatic carbocycles. The van der Waals surface area contributed by atoms with Gasteiger partial charge in [0.2, 0.25) is 0 Å². The Bertz CT molecular complexity index is 179. The third-order valence-corrected chi connectivity index (χ3v) is 3.95. The second-order valence-electron chi connectivity index (χ2n) is 2.85. The van der Waals surface area contributed by atoms with Crippen molar-refractivity contribution in [2.45, 2.75) is 19.1 Å². The monoisotopic (exact) mass is 210 g/mol. The molecule has 0 bridgehead atoms. The van der Waals surface area contributed by atoms with E-state index in [-0.39, 0.29) is 5.78 Å². The smallest absolute Gasteiger partial charge is 0.311 e. The molecule has 0 aromatic rings. The molecule has 1 atom stereocenters. The average Bonchev–Trinajstić information content (AvgIpc) is 2.12. The van der Waals surface area contributed by atoms with Gasteiger partial charge in [-0.05, 0) is 6.42 Å². The van der Waals surface area contributed by atoms with Crippen molar-refractivity contribution in [2.24, 2.45) is 0 Å². The molecule has 0 amide bonds. The molecule has 1 N–H and O–H groups in total. The molecule has 0 fully saturated rings. The van der Waals surface area contributed by atoms with E-state index in [1.54, 1.807) is 5.01 Å². The highest BCUT2D eigenvalue weighted by Crippen LogP contribution is 2.51. The molecular weight excluding hydrogens is 191 g/mol. The lowest BCUT2D eigenvalue weighted by Crippen LogP contribution is -2.39. The largest absolute Gasteiger partial charge is 0.348 e. The number of hydrogen-bond donors (Lipinski definition) is 1. The van der Waals surface area contributed by atoms with E-state index in [0.29, 0.717) is 6.42 Å². The summed E-state index contributed by atoms with van der Waals surface area (Å²) in [5.74, 6) is -0.294. The van der Waals surface area contributed by atoms with Crippen LogP contribution in [0.25, 0.3) is 0 Å². The van der Waals surface area contributed by atoms with Gasteiger partial charge in [-0.25, -0.2) is 10.4 Å². The van der Waals surface area contributed by atoms with Gasteiger partial charge in [-0.1, -0.05) is 6.92 Å². The molecule has 13 heavy (non-hydrogen) atoms. The molecule has 0 aliphatic heterocycles. The number of rotatable bonds is 6. The Morgan fingerprint density at radius 2 is 1.85 bits per heavy atom. The topological polar surface area (TPSA) is 50.8 Å². The van der Waals surface area contributed by atoms with Gasteiger partial charge in [0.25, 0.3) is 0 Å². The van der Waals surface area contributed by atoms with E-state index in [2.05, 4.69) is 5.43 Å². The molecule has 80 valence electrons. The van der Waals surface area contributed by atoms with E-state index in [1.807, 2.05) is 21.0 Å². The maximum absolute atomic E-state index is 11.9. The number of hydrogen-bond acceptors (Lipinski definition) is 5. The lowest BCUT2D eigenvalue weighted by molar-refractivity contribution is 0.214. The SMILES string of the molecule is CCC(NN(C)C)P(=O)(OC)OC. The Morgan fingerprint density at radius 1 is 1.38 bits per heavy atom. The van der Waals surface area contributed by atoms with Crippen molar-refractivity contribution in [3.05, 3.63) is 0 Å². The summed E-state index contributed by atoms with van der Waals surface area (Å²) in [5, 5.41) is 1.73. The van der Waals surface area contributed by atoms with Gasteiger partial charge in [-0.3, -0.25) is 4.57 Å². The number of nitrogens with one attached hydrogen (secondary N) is 1. The van der Waals surface area contributed by atoms with Crippen LogP contribution in [-0.2, 0) is 13.6 Å². The zero-order chi connectivity index (χ0) is 10.5. The maximum atomic E-state index is 11.9. The predicted molar refractivity (Wildman–Crippen MR) is 52.5 cm³/mol. The maximum Gasteiger partial charge on any atom is 0.348 e. The van der Waals surface area contributed by atoms with Crippen molar-refractivity contribution in [3.8, 4) is 0 Å². The fraction of sp³-hybridized carbons (Fsp3) is 1.00. The summed E-state index contributed by atoms with van der Waals surface area (Å²) in [7, 11) is 3.45. The number of nitrogens with zero attached hydrogens (tertiary/aromatic N) is 1. The zero-order valence-corrected chi connectivity index (χ0v) is 9.80. The minimum atomic E-state index is -3.00. The highest BCUT2D eigenvalue weighted by atomic mass is 31.2. The first kappa shape index (κ1) is 13.1. The molecule has 0 saturated heterocycles. The van der Waals surface area contributed by atoms with Crippen LogP contribution in [0.1, 0.15) is 13.3 Å². The summed E-state index contributed by atoms with van der Waals surface area (Å²) in [6.07, 6.45) is 0.678. The van der Waals surface area contributed by atoms with Crippen LogP contribution in [0.5, 0.6) is 0 Å². The second kappa shape index (κ2) is 5.73. The zero-order valence-electron chi connectivity index (χ0n) is 8.90. The van der Waals surface area contributed by atoms with Gasteiger partial charge >= 0.3 is 7.60 Å². The van der Waals surface area contributed by atoms with E-state index in [9.17, 15) is 4.57 Å². The highest BCUT2D eigenvalue weighted by molar-refractivity contribution is 7.54. The van der Waals surface area contributed by atoms with Crippen molar-refractivity contribution in [3.63, 3.8) is 0 Å². The van der Waals surface area contributed by atoms with E-state index in [0.717, 1.165) is 0 Å². The van der Waals surface area contributed by atoms with Crippen LogP contribution < -0.4 is 5.43 Å². The third-order valence-electron chi connectivity index (χ3n) is 1.68. The van der Waals surface area contributed by atoms with Crippen molar-refractivity contribution >= 4 is 7.60 Å². The molecule has 0 radical (unpaired) electrons. The summed E-state index contributed by atoms with van der Waals surface area (Å²) in [6.45, 7) is 1.92. The Labute approximate surface area is 79.9 Å². The molecule has 1 unspecified atom stereocenters. The van der Waals surface area contributed by atoms with Gasteiger partial charge < -0.3 is 9.05 Å². The normalized spacial score (nSPS) is 14.9. The molecule has 0 aromatic heterocycles. The summed E-state index contributed by atoms with van der Waals surface area (Å²) in [6, 6.07) is 0. The van der Waals surface area contributed by atoms with Crippen LogP contribution in [0.15, 0.2) is 0 Å². The highest BCUT2D eigenvalue weighted by Gasteiger charge is 2.32. The van der Waals surface area contributed by atoms with Gasteiger partial charge in [-0.15, -0.1) is 0 Å². The molecule has 0 heterocycles. The first-order valence-electron chi connectivity index (χ1n) is 4.14. The molecule has 0 rings (SSSR count). The number of hydrazine groups is 1. The van der Waals surface area contributed by atoms with Crippen molar-refractivity contribution < 1.29 is 13.6 Å². The minimum absolute atomic E-state index is 0.294. The lowest BCUT2D eigenvalue weighted by Gasteiger charge is -2.26. The van der Waals surface area contributed by atoms with Crippen LogP contribution in [0.4, 0.5) is 0 Å². The van der Waals surface area contributed by atoms with Gasteiger partial charge in [-0.2, -0.15) is 0 Å². The minimum Gasteiger partial charge on any atom is -0.311 e. The fourth-order valence-electron chi connectivity index (χ4n) is 1.01. The Morgan fingerprint density at radius 3 is 2.08 bits per heavy atom. The molecule has 0 saturated carbocycles. The summed E-state index contributed by atoms with van der Waals surface area (Å²) in [5.41, 5.74) is 2.99. The van der Waals surface area contributed by atoms with Crippen LogP contribution in [0, 0.1) is 0 Å². The van der Waals surface area contributed by atoms with Crippen LogP contribution >= 0.6 is 7.60 Å². The quantitative estimate of drug-likeness (QED) is 0.528. The fourth-order valence-corrected chi connectivity index (χ4v) is 2.49. The summed E-state index contributed by atoms with van der Waals surface area (Å²) >= 11 is 0. The predicted octanol–water partition coefficient (Wildman–Crippen LogP) is 1.27. The van der Waals surface area contributed by atoms with E-state index in [1.165, 1.54) is 14.2 Å². The second-order valence-corrected chi connectivity index (χ2v) is 5.29. The molecule has 0 aliphatic carbocycles. The van der Waals surface area contributed by atoms with Gasteiger partial charge in [0.15, 0.2) is 0 Å². The molecule has 5 nitrogen and oxygen atoms in total. The van der Waals surface area contributed by atoms with Crippen LogP contribution in [0.3, 0.4) is 0 Å². The van der Waals surface area contributed by atoms with Crippen LogP contribution in [0.2, 0.25) is 0 Å². The summed E-state index contributed by atoms with van der Waals surface area (Å²) in [4.78, 5) is 0. The lowest BCUT2D eigenvalue weighted by atomic mass is 10.5. The van der Waals surface area contributed by atoms with Crippen molar-refractivity contribution in [1.82, 2.24) is 10.4 Å². The Balaban J connectivity index is 4.44. The third kappa shape index (κ3) is 3.75. The van der Waals surface area contributed by atoms with Crippen molar-refractivity contribution in [2.75, 3.05) is 28.3 Å². The standard InChI is InChI=1S/C7H19N2O3P/c1-6-7(8-9(2)3)13(10,11-4)12-5/h7-8H,6H2,1-5H3. The van der Waals surface area contributed by atoms with Gasteiger partial charge in [0.1, 0.15) is 5.78 Å². The van der Waals surface area contributed by atoms with Gasteiger partial charge in [0.05, 0.1) is 0 Å². The molecule has 0 spiro atoms. The average molecular weight is 210 g/mol. The molecule has 0 aliphatic rings. The first-order valence-corrected chi connectivity index (χ1v) is 5.76. The van der Waals surface area contributed by atoms with E-state index < -0.39 is 7.60 Å². The first-order chi connectivity index (χ1) is 6.00. The van der Waals surface area contributed by atoms with E-state index in [4.69, 9.17) is 9.05 Å². The van der Waals surface area contributed by atoms with Crippen molar-refractivity contribution in [1.29, 1.82) is 0 Å². The molecular formula is C7H19N2O3P. The summed E-state index contributed by atoms with van der Waals surface area (Å²) < 4.78 is 21.7. The van der Waals surface area contributed by atoms with Crippen LogP contribution in [-0.4, -0.2) is 39.1 Å². The van der Waals surface area contributed by atoms with E-state index >= 15 is 0 Å². The molecule has 6 heteroatoms. The Kier molecular flexibility index (Phi) is 5.76. The Hall–Kier alpha value is 0.0700.